The van der Waals surface area contributed by atoms with E-state index in [1.807, 2.05) is 0 Å². The van der Waals surface area contributed by atoms with Gasteiger partial charge in [-0.15, -0.1) is 0 Å². The van der Waals surface area contributed by atoms with Gasteiger partial charge in [0.05, 0.1) is 16.3 Å². The molecule has 0 radical (unpaired) electrons. The fourth-order valence-electron chi connectivity index (χ4n) is 1.63. The number of para-hydroxylation sites is 1. The summed E-state index contributed by atoms with van der Waals surface area (Å²) < 4.78 is 27.2. The molecule has 9 heteroatoms. The fraction of sp³-hybridized carbons (Fsp3) is 0. The molecule has 0 bridgehead atoms. The molecule has 0 spiro atoms. The van der Waals surface area contributed by atoms with E-state index in [-0.39, 0.29) is 22.0 Å². The van der Waals surface area contributed by atoms with Crippen LogP contribution in [0.5, 0.6) is 0 Å². The molecule has 3 N–H and O–H groups in total. The fourth-order valence-corrected chi connectivity index (χ4v) is 3.31. The van der Waals surface area contributed by atoms with Crippen LogP contribution >= 0.6 is 15.9 Å². The van der Waals surface area contributed by atoms with E-state index in [0.717, 1.165) is 6.07 Å². The maximum Gasteiger partial charge on any atom is 0.271 e. The highest BCUT2D eigenvalue weighted by Gasteiger charge is 2.19. The molecule has 110 valence electrons. The zero-order chi connectivity index (χ0) is 15.6. The van der Waals surface area contributed by atoms with Gasteiger partial charge in [0.25, 0.3) is 15.7 Å². The number of nitrogens with one attached hydrogen (secondary N) is 1. The van der Waals surface area contributed by atoms with Crippen molar-refractivity contribution in [3.05, 3.63) is 57.1 Å². The molecule has 0 aliphatic heterocycles. The molecule has 0 aliphatic carbocycles. The summed E-state index contributed by atoms with van der Waals surface area (Å²) in [6.45, 7) is 0. The van der Waals surface area contributed by atoms with E-state index in [2.05, 4.69) is 20.7 Å². The molecule has 0 atom stereocenters. The Kier molecular flexibility index (Phi) is 4.14. The summed E-state index contributed by atoms with van der Waals surface area (Å²) in [6.07, 6.45) is 0. The van der Waals surface area contributed by atoms with Crippen molar-refractivity contribution in [1.82, 2.24) is 0 Å². The number of halogens is 1. The van der Waals surface area contributed by atoms with Crippen molar-refractivity contribution in [2.75, 3.05) is 10.5 Å². The van der Waals surface area contributed by atoms with E-state index in [4.69, 9.17) is 5.73 Å². The zero-order valence-electron chi connectivity index (χ0n) is 10.5. The minimum atomic E-state index is -3.94. The molecule has 21 heavy (non-hydrogen) atoms. The molecule has 2 aromatic rings. The van der Waals surface area contributed by atoms with Gasteiger partial charge >= 0.3 is 0 Å². The summed E-state index contributed by atoms with van der Waals surface area (Å²) in [7, 11) is -3.94. The van der Waals surface area contributed by atoms with Crippen molar-refractivity contribution in [3.63, 3.8) is 0 Å². The average Bonchev–Trinajstić information content (AvgIpc) is 2.41. The van der Waals surface area contributed by atoms with Crippen LogP contribution in [0, 0.1) is 10.1 Å². The van der Waals surface area contributed by atoms with Crippen molar-refractivity contribution in [2.45, 2.75) is 4.90 Å². The number of hydrogen-bond acceptors (Lipinski definition) is 5. The van der Waals surface area contributed by atoms with Crippen LogP contribution in [0.2, 0.25) is 0 Å². The van der Waals surface area contributed by atoms with Crippen LogP contribution < -0.4 is 10.5 Å². The van der Waals surface area contributed by atoms with Gasteiger partial charge in [0.1, 0.15) is 4.90 Å². The number of rotatable bonds is 4. The normalized spacial score (nSPS) is 11.1. The molecular formula is C12H10BrN3O4S. The first-order valence-corrected chi connectivity index (χ1v) is 7.90. The van der Waals surface area contributed by atoms with Crippen molar-refractivity contribution in [3.8, 4) is 0 Å². The first-order chi connectivity index (χ1) is 9.81. The number of non-ortho nitro benzene ring substituents is 1. The Morgan fingerprint density at radius 2 is 1.86 bits per heavy atom. The Labute approximate surface area is 129 Å². The van der Waals surface area contributed by atoms with Crippen LogP contribution in [0.15, 0.2) is 51.8 Å². The van der Waals surface area contributed by atoms with Gasteiger partial charge in [-0.2, -0.15) is 0 Å². The number of nitrogens with two attached hydrogens (primary N) is 1. The van der Waals surface area contributed by atoms with Crippen LogP contribution in [0.3, 0.4) is 0 Å². The van der Waals surface area contributed by atoms with E-state index in [1.54, 1.807) is 6.07 Å². The third-order valence-corrected chi connectivity index (χ3v) is 4.74. The summed E-state index contributed by atoms with van der Waals surface area (Å²) in [6, 6.07) is 9.73. The number of benzene rings is 2. The Hall–Kier alpha value is -2.13. The quantitative estimate of drug-likeness (QED) is 0.486. The Bertz CT molecular complexity index is 808. The van der Waals surface area contributed by atoms with Gasteiger partial charge in [-0.25, -0.2) is 8.42 Å². The lowest BCUT2D eigenvalue weighted by Gasteiger charge is -2.11. The largest absolute Gasteiger partial charge is 0.398 e. The predicted octanol–water partition coefficient (Wildman–Crippen LogP) is 2.74. The molecule has 7 nitrogen and oxygen atoms in total. The van der Waals surface area contributed by atoms with Gasteiger partial charge in [-0.1, -0.05) is 12.1 Å². The third kappa shape index (κ3) is 3.31. The van der Waals surface area contributed by atoms with E-state index in [0.29, 0.717) is 4.47 Å². The standard InChI is InChI=1S/C12H10BrN3O4S/c13-9-6-5-8(16(17)18)7-11(9)15-21(19,20)12-4-2-1-3-10(12)14/h1-7,15H,14H2. The van der Waals surface area contributed by atoms with Crippen molar-refractivity contribution < 1.29 is 13.3 Å². The summed E-state index contributed by atoms with van der Waals surface area (Å²) in [5.41, 5.74) is 5.56. The molecule has 0 amide bonds. The Balaban J connectivity index is 2.44. The maximum atomic E-state index is 12.3. The second-order valence-corrected chi connectivity index (χ2v) is 6.57. The van der Waals surface area contributed by atoms with Crippen LogP contribution in [0.1, 0.15) is 0 Å². The minimum Gasteiger partial charge on any atom is -0.398 e. The molecule has 0 aromatic heterocycles. The smallest absolute Gasteiger partial charge is 0.271 e. The van der Waals surface area contributed by atoms with Gasteiger partial charge in [0.2, 0.25) is 0 Å². The monoisotopic (exact) mass is 371 g/mol. The van der Waals surface area contributed by atoms with Crippen LogP contribution in [-0.2, 0) is 10.0 Å². The molecule has 0 saturated carbocycles. The number of nitrogens with zero attached hydrogens (tertiary/aromatic N) is 1. The molecule has 2 rings (SSSR count). The lowest BCUT2D eigenvalue weighted by atomic mass is 10.3. The van der Waals surface area contributed by atoms with Gasteiger partial charge < -0.3 is 5.73 Å². The summed E-state index contributed by atoms with van der Waals surface area (Å²) in [4.78, 5) is 10.0. The molecule has 2 aromatic carbocycles. The van der Waals surface area contributed by atoms with Crippen molar-refractivity contribution in [1.29, 1.82) is 0 Å². The van der Waals surface area contributed by atoms with Crippen molar-refractivity contribution >= 4 is 43.0 Å². The first-order valence-electron chi connectivity index (χ1n) is 5.62. The second kappa shape index (κ2) is 5.70. The van der Waals surface area contributed by atoms with E-state index >= 15 is 0 Å². The Morgan fingerprint density at radius 3 is 2.48 bits per heavy atom. The predicted molar refractivity (Wildman–Crippen MR) is 82.5 cm³/mol. The second-order valence-electron chi connectivity index (χ2n) is 4.06. The Morgan fingerprint density at radius 1 is 1.19 bits per heavy atom. The summed E-state index contributed by atoms with van der Waals surface area (Å²) in [5.74, 6) is 0. The average molecular weight is 372 g/mol. The van der Waals surface area contributed by atoms with Gasteiger partial charge in [-0.3, -0.25) is 14.8 Å². The molecule has 0 heterocycles. The minimum absolute atomic E-state index is 0.0625. The van der Waals surface area contributed by atoms with Gasteiger partial charge in [-0.05, 0) is 34.1 Å². The zero-order valence-corrected chi connectivity index (χ0v) is 12.9. The van der Waals surface area contributed by atoms with Crippen LogP contribution in [0.4, 0.5) is 17.1 Å². The van der Waals surface area contributed by atoms with E-state index in [9.17, 15) is 18.5 Å². The lowest BCUT2D eigenvalue weighted by Crippen LogP contribution is -2.15. The summed E-state index contributed by atoms with van der Waals surface area (Å²) in [5, 5.41) is 10.7. The lowest BCUT2D eigenvalue weighted by molar-refractivity contribution is -0.384. The number of sulfonamides is 1. The topological polar surface area (TPSA) is 115 Å². The number of nitro benzene ring substituents is 1. The van der Waals surface area contributed by atoms with E-state index < -0.39 is 14.9 Å². The van der Waals surface area contributed by atoms with Gasteiger partial charge in [0, 0.05) is 16.6 Å². The van der Waals surface area contributed by atoms with Gasteiger partial charge in [0.15, 0.2) is 0 Å². The van der Waals surface area contributed by atoms with Crippen LogP contribution in [0.25, 0.3) is 0 Å². The summed E-state index contributed by atoms with van der Waals surface area (Å²) >= 11 is 3.14. The highest BCUT2D eigenvalue weighted by molar-refractivity contribution is 9.10. The maximum absolute atomic E-state index is 12.3. The molecule has 0 aliphatic rings. The number of nitro groups is 1. The first kappa shape index (κ1) is 15.3. The highest BCUT2D eigenvalue weighted by Crippen LogP contribution is 2.30. The molecule has 0 saturated heterocycles. The number of nitrogen functional groups attached to an aromatic ring is 1. The third-order valence-electron chi connectivity index (χ3n) is 2.61. The SMILES string of the molecule is Nc1ccccc1S(=O)(=O)Nc1cc([N+](=O)[O-])ccc1Br. The van der Waals surface area contributed by atoms with Crippen LogP contribution in [-0.4, -0.2) is 13.3 Å². The van der Waals surface area contributed by atoms with Crippen molar-refractivity contribution in [2.24, 2.45) is 0 Å². The number of anilines is 2. The van der Waals surface area contributed by atoms with E-state index in [1.165, 1.54) is 30.3 Å². The molecule has 0 unspecified atom stereocenters. The number of hydrogen-bond donors (Lipinski definition) is 2. The highest BCUT2D eigenvalue weighted by atomic mass is 79.9. The molecule has 0 fully saturated rings. The molecular weight excluding hydrogens is 362 g/mol.